The van der Waals surface area contributed by atoms with Gasteiger partial charge in [0.1, 0.15) is 11.6 Å². The van der Waals surface area contributed by atoms with Crippen LogP contribution in [0, 0.1) is 11.6 Å². The summed E-state index contributed by atoms with van der Waals surface area (Å²) in [6.45, 7) is 0.161. The van der Waals surface area contributed by atoms with Crippen molar-refractivity contribution in [1.29, 1.82) is 0 Å². The number of aromatic nitrogens is 2. The van der Waals surface area contributed by atoms with E-state index in [-0.39, 0.29) is 35.3 Å². The highest BCUT2D eigenvalue weighted by atomic mass is 35.5. The normalized spacial score (nSPS) is 10.7. The second-order valence-corrected chi connectivity index (χ2v) is 5.52. The summed E-state index contributed by atoms with van der Waals surface area (Å²) < 4.78 is 32.0. The van der Waals surface area contributed by atoms with Crippen LogP contribution in [-0.4, -0.2) is 22.6 Å². The molecule has 0 atom stereocenters. The first-order valence-corrected chi connectivity index (χ1v) is 7.73. The van der Waals surface area contributed by atoms with Gasteiger partial charge in [0.05, 0.1) is 10.6 Å². The molecular formula is C17H12ClF2N3O2. The van der Waals surface area contributed by atoms with Gasteiger partial charge in [0.25, 0.3) is 5.91 Å². The summed E-state index contributed by atoms with van der Waals surface area (Å²) in [7, 11) is 0. The fraction of sp³-hybridized carbons (Fsp3) is 0.118. The maximum atomic E-state index is 13.7. The third-order valence-electron chi connectivity index (χ3n) is 3.37. The Morgan fingerprint density at radius 2 is 1.88 bits per heavy atom. The molecular weight excluding hydrogens is 352 g/mol. The standard InChI is InChI=1S/C17H12ClF2N3O2/c18-12-2-1-3-13(20)15(12)16(24)21-9-8-14-22-23-17(25-14)10-4-6-11(19)7-5-10/h1-7H,8-9H2,(H,21,24). The van der Waals surface area contributed by atoms with E-state index in [0.717, 1.165) is 6.07 Å². The maximum Gasteiger partial charge on any atom is 0.255 e. The third kappa shape index (κ3) is 4.00. The molecule has 1 amide bonds. The average Bonchev–Trinajstić information content (AvgIpc) is 3.04. The van der Waals surface area contributed by atoms with E-state index in [2.05, 4.69) is 15.5 Å². The van der Waals surface area contributed by atoms with Gasteiger partial charge in [-0.3, -0.25) is 4.79 Å². The number of rotatable bonds is 5. The van der Waals surface area contributed by atoms with Crippen molar-refractivity contribution in [3.05, 3.63) is 70.6 Å². The molecule has 3 aromatic rings. The number of hydrogen-bond acceptors (Lipinski definition) is 4. The van der Waals surface area contributed by atoms with Gasteiger partial charge in [-0.1, -0.05) is 17.7 Å². The Kier molecular flexibility index (Phi) is 5.04. The highest BCUT2D eigenvalue weighted by Crippen LogP contribution is 2.19. The highest BCUT2D eigenvalue weighted by molar-refractivity contribution is 6.33. The fourth-order valence-corrected chi connectivity index (χ4v) is 2.40. The van der Waals surface area contributed by atoms with Crippen LogP contribution >= 0.6 is 11.6 Å². The zero-order valence-corrected chi connectivity index (χ0v) is 13.6. The van der Waals surface area contributed by atoms with E-state index in [1.54, 1.807) is 0 Å². The van der Waals surface area contributed by atoms with Crippen LogP contribution in [0.3, 0.4) is 0 Å². The Balaban J connectivity index is 1.59. The number of amides is 1. The number of halogens is 3. The largest absolute Gasteiger partial charge is 0.421 e. The minimum atomic E-state index is -0.693. The lowest BCUT2D eigenvalue weighted by Crippen LogP contribution is -2.27. The fourth-order valence-electron chi connectivity index (χ4n) is 2.15. The minimum Gasteiger partial charge on any atom is -0.421 e. The molecule has 0 fully saturated rings. The number of nitrogens with zero attached hydrogens (tertiary/aromatic N) is 2. The number of carbonyl (C=O) groups excluding carboxylic acids is 1. The molecule has 0 aliphatic rings. The van der Waals surface area contributed by atoms with E-state index < -0.39 is 11.7 Å². The van der Waals surface area contributed by atoms with Crippen molar-refractivity contribution in [1.82, 2.24) is 15.5 Å². The SMILES string of the molecule is O=C(NCCc1nnc(-c2ccc(F)cc2)o1)c1c(F)cccc1Cl. The van der Waals surface area contributed by atoms with Crippen LogP contribution in [0.2, 0.25) is 5.02 Å². The van der Waals surface area contributed by atoms with Gasteiger partial charge in [-0.25, -0.2) is 8.78 Å². The van der Waals surface area contributed by atoms with Crippen molar-refractivity contribution < 1.29 is 18.0 Å². The van der Waals surface area contributed by atoms with E-state index in [9.17, 15) is 13.6 Å². The Labute approximate surface area is 146 Å². The molecule has 3 rings (SSSR count). The Bertz CT molecular complexity index is 877. The van der Waals surface area contributed by atoms with Crippen molar-refractivity contribution >= 4 is 17.5 Å². The number of benzene rings is 2. The summed E-state index contributed by atoms with van der Waals surface area (Å²) >= 11 is 5.83. The van der Waals surface area contributed by atoms with Crippen LogP contribution < -0.4 is 5.32 Å². The predicted octanol–water partition coefficient (Wildman–Crippen LogP) is 3.64. The molecule has 8 heteroatoms. The van der Waals surface area contributed by atoms with Crippen molar-refractivity contribution in [2.75, 3.05) is 6.54 Å². The molecule has 128 valence electrons. The monoisotopic (exact) mass is 363 g/mol. The lowest BCUT2D eigenvalue weighted by molar-refractivity contribution is 0.0950. The lowest BCUT2D eigenvalue weighted by Gasteiger charge is -2.06. The first-order valence-electron chi connectivity index (χ1n) is 7.35. The molecule has 1 heterocycles. The molecule has 0 bridgehead atoms. The van der Waals surface area contributed by atoms with E-state index in [1.807, 2.05) is 0 Å². The molecule has 0 saturated carbocycles. The topological polar surface area (TPSA) is 68.0 Å². The summed E-state index contributed by atoms with van der Waals surface area (Å²) in [6, 6.07) is 9.64. The smallest absolute Gasteiger partial charge is 0.255 e. The van der Waals surface area contributed by atoms with Gasteiger partial charge in [-0.2, -0.15) is 0 Å². The molecule has 1 aromatic heterocycles. The molecule has 0 aliphatic carbocycles. The Morgan fingerprint density at radius 1 is 1.12 bits per heavy atom. The summed E-state index contributed by atoms with van der Waals surface area (Å²) in [5.41, 5.74) is 0.379. The van der Waals surface area contributed by atoms with E-state index in [4.69, 9.17) is 16.0 Å². The molecule has 1 N–H and O–H groups in total. The molecule has 0 spiro atoms. The van der Waals surface area contributed by atoms with E-state index in [0.29, 0.717) is 11.5 Å². The van der Waals surface area contributed by atoms with Gasteiger partial charge < -0.3 is 9.73 Å². The van der Waals surface area contributed by atoms with Crippen LogP contribution in [0.1, 0.15) is 16.2 Å². The molecule has 0 unspecified atom stereocenters. The maximum absolute atomic E-state index is 13.7. The van der Waals surface area contributed by atoms with E-state index in [1.165, 1.54) is 36.4 Å². The second kappa shape index (κ2) is 7.40. The zero-order valence-electron chi connectivity index (χ0n) is 12.8. The minimum absolute atomic E-state index is 0.0360. The van der Waals surface area contributed by atoms with Gasteiger partial charge in [0.15, 0.2) is 0 Å². The van der Waals surface area contributed by atoms with Gasteiger partial charge in [0, 0.05) is 18.5 Å². The summed E-state index contributed by atoms with van der Waals surface area (Å²) in [4.78, 5) is 12.0. The summed E-state index contributed by atoms with van der Waals surface area (Å²) in [6.07, 6.45) is 0.256. The van der Waals surface area contributed by atoms with Gasteiger partial charge >= 0.3 is 0 Å². The predicted molar refractivity (Wildman–Crippen MR) is 87.1 cm³/mol. The molecule has 0 radical (unpaired) electrons. The zero-order chi connectivity index (χ0) is 17.8. The molecule has 0 aliphatic heterocycles. The Hall–Kier alpha value is -2.80. The Morgan fingerprint density at radius 3 is 2.60 bits per heavy atom. The van der Waals surface area contributed by atoms with Gasteiger partial charge in [0.2, 0.25) is 11.8 Å². The van der Waals surface area contributed by atoms with Crippen molar-refractivity contribution in [2.24, 2.45) is 0 Å². The molecule has 2 aromatic carbocycles. The number of hydrogen-bond donors (Lipinski definition) is 1. The molecule has 25 heavy (non-hydrogen) atoms. The van der Waals surface area contributed by atoms with Crippen LogP contribution in [-0.2, 0) is 6.42 Å². The van der Waals surface area contributed by atoms with E-state index >= 15 is 0 Å². The van der Waals surface area contributed by atoms with Crippen molar-refractivity contribution in [3.63, 3.8) is 0 Å². The van der Waals surface area contributed by atoms with Crippen LogP contribution in [0.15, 0.2) is 46.9 Å². The first kappa shape index (κ1) is 17.0. The number of nitrogens with one attached hydrogen (secondary N) is 1. The molecule has 5 nitrogen and oxygen atoms in total. The lowest BCUT2D eigenvalue weighted by atomic mass is 10.2. The second-order valence-electron chi connectivity index (χ2n) is 5.11. The summed E-state index contributed by atoms with van der Waals surface area (Å²) in [5, 5.41) is 10.3. The third-order valence-corrected chi connectivity index (χ3v) is 3.69. The molecule has 0 saturated heterocycles. The summed E-state index contributed by atoms with van der Waals surface area (Å²) in [5.74, 6) is -1.14. The van der Waals surface area contributed by atoms with Gasteiger partial charge in [-0.05, 0) is 36.4 Å². The first-order chi connectivity index (χ1) is 12.0. The van der Waals surface area contributed by atoms with Crippen LogP contribution in [0.5, 0.6) is 0 Å². The van der Waals surface area contributed by atoms with Crippen LogP contribution in [0.25, 0.3) is 11.5 Å². The van der Waals surface area contributed by atoms with Crippen molar-refractivity contribution in [3.8, 4) is 11.5 Å². The quantitative estimate of drug-likeness (QED) is 0.751. The van der Waals surface area contributed by atoms with Gasteiger partial charge in [-0.15, -0.1) is 10.2 Å². The highest BCUT2D eigenvalue weighted by Gasteiger charge is 2.16. The van der Waals surface area contributed by atoms with Crippen LogP contribution in [0.4, 0.5) is 8.78 Å². The van der Waals surface area contributed by atoms with Crippen molar-refractivity contribution in [2.45, 2.75) is 6.42 Å². The average molecular weight is 364 g/mol. The number of carbonyl (C=O) groups is 1.